The molecule has 2 aromatic heterocycles. The summed E-state index contributed by atoms with van der Waals surface area (Å²) in [6.45, 7) is 3.92. The van der Waals surface area contributed by atoms with Crippen LogP contribution in [0.4, 0.5) is 16.1 Å². The summed E-state index contributed by atoms with van der Waals surface area (Å²) in [5.74, 6) is -1.25. The van der Waals surface area contributed by atoms with Crippen molar-refractivity contribution < 1.29 is 18.4 Å². The summed E-state index contributed by atoms with van der Waals surface area (Å²) in [6, 6.07) is 5.55. The van der Waals surface area contributed by atoms with Crippen LogP contribution in [0, 0.1) is 25.6 Å². The van der Waals surface area contributed by atoms with E-state index in [0.717, 1.165) is 15.6 Å². The van der Waals surface area contributed by atoms with Gasteiger partial charge < -0.3 is 9.32 Å². The molecule has 4 rings (SSSR count). The number of thiazole rings is 1. The summed E-state index contributed by atoms with van der Waals surface area (Å²) in [7, 11) is 0. The number of halogens is 1. The van der Waals surface area contributed by atoms with Gasteiger partial charge in [-0.2, -0.15) is 0 Å². The number of aromatic nitrogens is 3. The zero-order valence-electron chi connectivity index (χ0n) is 15.1. The van der Waals surface area contributed by atoms with Crippen LogP contribution in [0.15, 0.2) is 28.7 Å². The lowest BCUT2D eigenvalue weighted by molar-refractivity contribution is -0.122. The second-order valence-corrected chi connectivity index (χ2v) is 7.63. The number of carbonyl (C=O) groups excluding carboxylic acids is 2. The number of anilines is 2. The lowest BCUT2D eigenvalue weighted by Gasteiger charge is -2.16. The number of rotatable bonds is 4. The number of aryl methyl sites for hydroxylation is 2. The van der Waals surface area contributed by atoms with Gasteiger partial charge in [-0.1, -0.05) is 5.10 Å². The fourth-order valence-electron chi connectivity index (χ4n) is 3.06. The molecule has 1 N–H and O–H groups in total. The van der Waals surface area contributed by atoms with E-state index < -0.39 is 5.92 Å². The van der Waals surface area contributed by atoms with E-state index in [-0.39, 0.29) is 42.5 Å². The molecule has 0 bridgehead atoms. The van der Waals surface area contributed by atoms with E-state index in [4.69, 9.17) is 4.42 Å². The molecule has 1 aliphatic heterocycles. The van der Waals surface area contributed by atoms with Crippen LogP contribution in [0.2, 0.25) is 0 Å². The van der Waals surface area contributed by atoms with Crippen LogP contribution in [0.3, 0.4) is 0 Å². The molecule has 1 saturated heterocycles. The zero-order valence-corrected chi connectivity index (χ0v) is 15.9. The fourth-order valence-corrected chi connectivity index (χ4v) is 3.90. The minimum atomic E-state index is -0.569. The summed E-state index contributed by atoms with van der Waals surface area (Å²) in [5.41, 5.74) is 1.33. The number of carbonyl (C=O) groups is 2. The monoisotopic (exact) mass is 401 g/mol. The summed E-state index contributed by atoms with van der Waals surface area (Å²) < 4.78 is 18.6. The first kappa shape index (κ1) is 18.2. The first-order valence-electron chi connectivity index (χ1n) is 8.55. The molecule has 1 atom stereocenters. The highest BCUT2D eigenvalue weighted by Crippen LogP contribution is 2.30. The van der Waals surface area contributed by atoms with Crippen molar-refractivity contribution in [1.29, 1.82) is 0 Å². The van der Waals surface area contributed by atoms with Crippen LogP contribution >= 0.6 is 11.3 Å². The summed E-state index contributed by atoms with van der Waals surface area (Å²) in [5, 5.41) is 11.2. The van der Waals surface area contributed by atoms with Crippen molar-refractivity contribution in [2.75, 3.05) is 16.8 Å². The van der Waals surface area contributed by atoms with Crippen molar-refractivity contribution >= 4 is 34.9 Å². The SMILES string of the molecule is Cc1nc(C)c(-c2nnc(NC(=O)C3CC(=O)N(c4ccc(F)cc4)C3)o2)s1. The Morgan fingerprint density at radius 1 is 1.29 bits per heavy atom. The van der Waals surface area contributed by atoms with Gasteiger partial charge in [0.2, 0.25) is 11.8 Å². The van der Waals surface area contributed by atoms with E-state index >= 15 is 0 Å². The highest BCUT2D eigenvalue weighted by molar-refractivity contribution is 7.15. The third kappa shape index (κ3) is 3.50. The van der Waals surface area contributed by atoms with Crippen molar-refractivity contribution in [2.45, 2.75) is 20.3 Å². The number of nitrogens with one attached hydrogen (secondary N) is 1. The Balaban J connectivity index is 1.44. The maximum Gasteiger partial charge on any atom is 0.322 e. The van der Waals surface area contributed by atoms with E-state index in [1.54, 1.807) is 0 Å². The Morgan fingerprint density at radius 2 is 2.04 bits per heavy atom. The van der Waals surface area contributed by atoms with Gasteiger partial charge in [-0.15, -0.1) is 16.4 Å². The normalized spacial score (nSPS) is 16.6. The summed E-state index contributed by atoms with van der Waals surface area (Å²) in [4.78, 5) is 31.3. The van der Waals surface area contributed by atoms with Crippen molar-refractivity contribution in [3.63, 3.8) is 0 Å². The molecule has 0 saturated carbocycles. The molecule has 3 heterocycles. The van der Waals surface area contributed by atoms with Crippen LogP contribution in [-0.4, -0.2) is 33.5 Å². The van der Waals surface area contributed by atoms with Gasteiger partial charge in [0.05, 0.1) is 16.6 Å². The summed E-state index contributed by atoms with van der Waals surface area (Å²) >= 11 is 1.43. The average molecular weight is 401 g/mol. The van der Waals surface area contributed by atoms with Gasteiger partial charge in [0.15, 0.2) is 0 Å². The van der Waals surface area contributed by atoms with Gasteiger partial charge in [-0.3, -0.25) is 14.9 Å². The Morgan fingerprint density at radius 3 is 2.71 bits per heavy atom. The van der Waals surface area contributed by atoms with Gasteiger partial charge >= 0.3 is 6.01 Å². The lowest BCUT2D eigenvalue weighted by Crippen LogP contribution is -2.28. The molecule has 2 amide bonds. The zero-order chi connectivity index (χ0) is 19.8. The molecule has 10 heteroatoms. The third-order valence-electron chi connectivity index (χ3n) is 4.39. The molecule has 3 aromatic rings. The Labute approximate surface area is 163 Å². The van der Waals surface area contributed by atoms with E-state index in [9.17, 15) is 14.0 Å². The maximum atomic E-state index is 13.1. The number of nitrogens with zero attached hydrogens (tertiary/aromatic N) is 4. The fraction of sp³-hybridized carbons (Fsp3) is 0.278. The highest BCUT2D eigenvalue weighted by Gasteiger charge is 2.35. The van der Waals surface area contributed by atoms with Crippen LogP contribution in [0.25, 0.3) is 10.8 Å². The van der Waals surface area contributed by atoms with E-state index in [0.29, 0.717) is 5.69 Å². The van der Waals surface area contributed by atoms with Crippen LogP contribution in [0.1, 0.15) is 17.1 Å². The van der Waals surface area contributed by atoms with E-state index in [1.165, 1.54) is 40.5 Å². The van der Waals surface area contributed by atoms with Gasteiger partial charge in [-0.05, 0) is 38.1 Å². The topological polar surface area (TPSA) is 101 Å². The smallest absolute Gasteiger partial charge is 0.322 e. The first-order chi connectivity index (χ1) is 13.4. The first-order valence-corrected chi connectivity index (χ1v) is 9.37. The van der Waals surface area contributed by atoms with Crippen LogP contribution in [-0.2, 0) is 9.59 Å². The molecule has 1 fully saturated rings. The van der Waals surface area contributed by atoms with Crippen molar-refractivity contribution in [2.24, 2.45) is 5.92 Å². The molecule has 0 aliphatic carbocycles. The van der Waals surface area contributed by atoms with E-state index in [2.05, 4.69) is 20.5 Å². The molecule has 8 nitrogen and oxygen atoms in total. The molecule has 0 radical (unpaired) electrons. The van der Waals surface area contributed by atoms with E-state index in [1.807, 2.05) is 13.8 Å². The molecule has 144 valence electrons. The van der Waals surface area contributed by atoms with Gasteiger partial charge in [0.1, 0.15) is 10.7 Å². The van der Waals surface area contributed by atoms with Crippen LogP contribution in [0.5, 0.6) is 0 Å². The van der Waals surface area contributed by atoms with Crippen molar-refractivity contribution in [3.05, 3.63) is 40.8 Å². The third-order valence-corrected chi connectivity index (χ3v) is 5.45. The quantitative estimate of drug-likeness (QED) is 0.721. The Hall–Kier alpha value is -3.14. The van der Waals surface area contributed by atoms with Gasteiger partial charge in [-0.25, -0.2) is 9.37 Å². The largest absolute Gasteiger partial charge is 0.402 e. The number of amides is 2. The molecule has 28 heavy (non-hydrogen) atoms. The highest BCUT2D eigenvalue weighted by atomic mass is 32.1. The summed E-state index contributed by atoms with van der Waals surface area (Å²) in [6.07, 6.45) is 0.0529. The lowest BCUT2D eigenvalue weighted by atomic mass is 10.1. The molecule has 1 unspecified atom stereocenters. The molecule has 1 aliphatic rings. The standard InChI is InChI=1S/C18H16FN5O3S/c1-9-15(28-10(2)20-9)17-22-23-18(27-17)21-16(26)11-7-14(25)24(8-11)13-5-3-12(19)4-6-13/h3-6,11H,7-8H2,1-2H3,(H,21,23,26). The number of hydrogen-bond donors (Lipinski definition) is 1. The second kappa shape index (κ2) is 7.12. The maximum absolute atomic E-state index is 13.1. The van der Waals surface area contributed by atoms with Crippen molar-refractivity contribution in [1.82, 2.24) is 15.2 Å². The second-order valence-electron chi connectivity index (χ2n) is 6.43. The Bertz CT molecular complexity index is 1050. The Kier molecular flexibility index (Phi) is 4.63. The average Bonchev–Trinajstić information content (AvgIpc) is 3.35. The number of hydrogen-bond acceptors (Lipinski definition) is 7. The minimum Gasteiger partial charge on any atom is -0.402 e. The van der Waals surface area contributed by atoms with Gasteiger partial charge in [0, 0.05) is 18.7 Å². The minimum absolute atomic E-state index is 0.0295. The van der Waals surface area contributed by atoms with Crippen LogP contribution < -0.4 is 10.2 Å². The number of benzene rings is 1. The molecular weight excluding hydrogens is 385 g/mol. The molecule has 1 aromatic carbocycles. The van der Waals surface area contributed by atoms with Crippen molar-refractivity contribution in [3.8, 4) is 10.8 Å². The van der Waals surface area contributed by atoms with Gasteiger partial charge in [0.25, 0.3) is 5.89 Å². The molecule has 0 spiro atoms. The predicted molar refractivity (Wildman–Crippen MR) is 100 cm³/mol. The predicted octanol–water partition coefficient (Wildman–Crippen LogP) is 2.94. The molecular formula is C18H16FN5O3S.